The van der Waals surface area contributed by atoms with Crippen molar-refractivity contribution < 1.29 is 37.0 Å². The molecule has 0 saturated heterocycles. The Morgan fingerprint density at radius 2 is 0.700 bits per heavy atom. The number of rotatable bonds is 0. The van der Waals surface area contributed by atoms with Crippen molar-refractivity contribution >= 4 is 0 Å². The predicted octanol–water partition coefficient (Wildman–Crippen LogP) is -0.00670. The summed E-state index contributed by atoms with van der Waals surface area (Å²) in [6.45, 7) is 5.79. The van der Waals surface area contributed by atoms with Crippen LogP contribution in [0.15, 0.2) is 0 Å². The van der Waals surface area contributed by atoms with E-state index < -0.39 is 0 Å². The maximum atomic E-state index is 7.57. The van der Waals surface area contributed by atoms with Crippen molar-refractivity contribution in [1.82, 2.24) is 0 Å². The quantitative estimate of drug-likeness (QED) is 0.466. The molecule has 0 bridgehead atoms. The summed E-state index contributed by atoms with van der Waals surface area (Å²) < 4.78 is 0. The second-order valence-corrected chi connectivity index (χ2v) is 0.949. The fraction of sp³-hybridized carbons (Fsp3) is 1.00. The molecule has 4 heteroatoms. The number of aliphatic hydroxyl groups is 3. The van der Waals surface area contributed by atoms with Gasteiger partial charge in [-0.05, 0) is 20.8 Å². The maximum absolute atomic E-state index is 7.57. The van der Waals surface area contributed by atoms with Gasteiger partial charge in [-0.2, -0.15) is 0 Å². The van der Waals surface area contributed by atoms with Gasteiger partial charge in [0.05, 0.1) is 0 Å². The Balaban J connectivity index is -0.0000000257. The Kier molecular flexibility index (Phi) is 123. The third-order valence-electron chi connectivity index (χ3n) is 0. The van der Waals surface area contributed by atoms with Crippen molar-refractivity contribution in [1.29, 1.82) is 0 Å². The largest absolute Gasteiger partial charge is 4.00 e. The molecular formula is C6H18O3Ti+4. The Morgan fingerprint density at radius 3 is 0.700 bits per heavy atom. The summed E-state index contributed by atoms with van der Waals surface area (Å²) >= 11 is 0. The van der Waals surface area contributed by atoms with E-state index in [1.54, 1.807) is 20.8 Å². The fourth-order valence-electron chi connectivity index (χ4n) is 0. The molecule has 0 aromatic rings. The van der Waals surface area contributed by atoms with Crippen LogP contribution < -0.4 is 0 Å². The van der Waals surface area contributed by atoms with Gasteiger partial charge in [0.1, 0.15) is 0 Å². The van der Waals surface area contributed by atoms with Crippen LogP contribution >= 0.6 is 0 Å². The molecule has 0 amide bonds. The molecule has 3 nitrogen and oxygen atoms in total. The van der Waals surface area contributed by atoms with E-state index in [2.05, 4.69) is 0 Å². The minimum atomic E-state index is 0. The van der Waals surface area contributed by atoms with Crippen molar-refractivity contribution in [2.24, 2.45) is 0 Å². The monoisotopic (exact) mass is 186 g/mol. The van der Waals surface area contributed by atoms with E-state index in [9.17, 15) is 0 Å². The predicted molar refractivity (Wildman–Crippen MR) is 38.3 cm³/mol. The number of aliphatic hydroxyl groups excluding tert-OH is 3. The van der Waals surface area contributed by atoms with Crippen molar-refractivity contribution in [3.05, 3.63) is 0 Å². The molecule has 3 N–H and O–H groups in total. The summed E-state index contributed by atoms with van der Waals surface area (Å²) in [4.78, 5) is 0. The Labute approximate surface area is 78.0 Å². The molecule has 0 aliphatic carbocycles. The molecule has 0 fully saturated rings. The number of hydrogen-bond acceptors (Lipinski definition) is 3. The fourth-order valence-corrected chi connectivity index (χ4v) is 0. The average molecular weight is 186 g/mol. The van der Waals surface area contributed by atoms with Crippen molar-refractivity contribution in [3.63, 3.8) is 0 Å². The first-order chi connectivity index (χ1) is 4.24. The van der Waals surface area contributed by atoms with E-state index in [4.69, 9.17) is 15.3 Å². The van der Waals surface area contributed by atoms with Crippen LogP contribution in [0.25, 0.3) is 0 Å². The zero-order valence-corrected chi connectivity index (χ0v) is 8.52. The molecule has 10 heavy (non-hydrogen) atoms. The second kappa shape index (κ2) is 54.9. The molecule has 0 aromatic heterocycles. The van der Waals surface area contributed by atoms with Gasteiger partial charge in [-0.1, -0.05) is 0 Å². The van der Waals surface area contributed by atoms with Crippen molar-refractivity contribution in [2.75, 3.05) is 19.8 Å². The molecule has 0 heterocycles. The first-order valence-corrected chi connectivity index (χ1v) is 3.07. The van der Waals surface area contributed by atoms with E-state index in [0.29, 0.717) is 0 Å². The molecule has 0 aliphatic rings. The van der Waals surface area contributed by atoms with Gasteiger partial charge in [0, 0.05) is 19.8 Å². The molecule has 0 saturated carbocycles. The van der Waals surface area contributed by atoms with Crippen LogP contribution in [0.1, 0.15) is 20.8 Å². The van der Waals surface area contributed by atoms with Gasteiger partial charge in [0.2, 0.25) is 0 Å². The van der Waals surface area contributed by atoms with Gasteiger partial charge in [-0.15, -0.1) is 0 Å². The summed E-state index contributed by atoms with van der Waals surface area (Å²) in [6, 6.07) is 0. The van der Waals surface area contributed by atoms with Gasteiger partial charge >= 0.3 is 21.7 Å². The third kappa shape index (κ3) is 1400. The van der Waals surface area contributed by atoms with Crippen LogP contribution in [0, 0.1) is 0 Å². The summed E-state index contributed by atoms with van der Waals surface area (Å²) in [6.07, 6.45) is 0. The maximum Gasteiger partial charge on any atom is 4.00 e. The first kappa shape index (κ1) is 22.4. The second-order valence-electron chi connectivity index (χ2n) is 0.949. The Morgan fingerprint density at radius 1 is 0.700 bits per heavy atom. The van der Waals surface area contributed by atoms with Crippen LogP contribution in [-0.2, 0) is 21.7 Å². The molecule has 60 valence electrons. The van der Waals surface area contributed by atoms with Gasteiger partial charge in [-0.25, -0.2) is 0 Å². The number of hydrogen-bond donors (Lipinski definition) is 3. The molecular weight excluding hydrogens is 168 g/mol. The summed E-state index contributed by atoms with van der Waals surface area (Å²) in [5.74, 6) is 0. The first-order valence-electron chi connectivity index (χ1n) is 3.07. The molecule has 0 aromatic carbocycles. The van der Waals surface area contributed by atoms with E-state index in [1.165, 1.54) is 0 Å². The SMILES string of the molecule is CCO.CCO.CCO.[Ti+4]. The summed E-state index contributed by atoms with van der Waals surface area (Å²) in [5, 5.41) is 22.7. The smallest absolute Gasteiger partial charge is 0.397 e. The van der Waals surface area contributed by atoms with Crippen molar-refractivity contribution in [2.45, 2.75) is 20.8 Å². The van der Waals surface area contributed by atoms with Gasteiger partial charge in [0.15, 0.2) is 0 Å². The standard InChI is InChI=1S/3C2H6O.Ti/c3*1-2-3;/h3*3H,2H2,1H3;/q;;;+4. The molecule has 0 aliphatic heterocycles. The normalized spacial score (nSPS) is 5.40. The summed E-state index contributed by atoms with van der Waals surface area (Å²) in [5.41, 5.74) is 0. The van der Waals surface area contributed by atoms with E-state index in [1.807, 2.05) is 0 Å². The molecule has 0 unspecified atom stereocenters. The zero-order valence-electron chi connectivity index (χ0n) is 6.96. The van der Waals surface area contributed by atoms with Crippen LogP contribution in [0.3, 0.4) is 0 Å². The van der Waals surface area contributed by atoms with E-state index in [0.717, 1.165) is 0 Å². The molecule has 0 radical (unpaired) electrons. The molecule has 0 spiro atoms. The minimum absolute atomic E-state index is 0. The van der Waals surface area contributed by atoms with Gasteiger partial charge in [0.25, 0.3) is 0 Å². The minimum Gasteiger partial charge on any atom is -0.397 e. The van der Waals surface area contributed by atoms with Gasteiger partial charge in [-0.3, -0.25) is 0 Å². The van der Waals surface area contributed by atoms with Crippen LogP contribution in [0.2, 0.25) is 0 Å². The molecule has 0 rings (SSSR count). The van der Waals surface area contributed by atoms with Crippen molar-refractivity contribution in [3.8, 4) is 0 Å². The zero-order chi connectivity index (χ0) is 8.12. The molecule has 0 atom stereocenters. The average Bonchev–Trinajstić information content (AvgIpc) is 1.70. The van der Waals surface area contributed by atoms with Crippen LogP contribution in [-0.4, -0.2) is 35.1 Å². The van der Waals surface area contributed by atoms with E-state index >= 15 is 0 Å². The summed E-state index contributed by atoms with van der Waals surface area (Å²) in [7, 11) is 0. The van der Waals surface area contributed by atoms with Crippen LogP contribution in [0.4, 0.5) is 0 Å². The van der Waals surface area contributed by atoms with Gasteiger partial charge < -0.3 is 15.3 Å². The Bertz CT molecular complexity index is 17.7. The Hall–Kier alpha value is 0.594. The van der Waals surface area contributed by atoms with E-state index in [-0.39, 0.29) is 41.5 Å². The van der Waals surface area contributed by atoms with Crippen LogP contribution in [0.5, 0.6) is 0 Å². The topological polar surface area (TPSA) is 60.7 Å². The third-order valence-corrected chi connectivity index (χ3v) is 0.